The number of carbonyl (C=O) groups is 1. The van der Waals surface area contributed by atoms with Gasteiger partial charge in [0, 0.05) is 10.7 Å². The standard InChI is InChI=1S/C13H8Br2F2N2O2/c1-5-2-6(14)4-18-12(5)19-11-7(13(20)21)3-8(15)9(16)10(11)17/h2-4H,1H3,(H,18,19)(H,20,21). The molecule has 0 unspecified atom stereocenters. The highest BCUT2D eigenvalue weighted by Gasteiger charge is 2.22. The summed E-state index contributed by atoms with van der Waals surface area (Å²) in [5.41, 5.74) is -0.227. The average Bonchev–Trinajstić information content (AvgIpc) is 2.41. The maximum absolute atomic E-state index is 14.0. The lowest BCUT2D eigenvalue weighted by molar-refractivity contribution is 0.0697. The minimum atomic E-state index is -1.38. The lowest BCUT2D eigenvalue weighted by atomic mass is 10.1. The number of anilines is 2. The number of hydrogen-bond donors (Lipinski definition) is 2. The zero-order valence-corrected chi connectivity index (χ0v) is 13.7. The van der Waals surface area contributed by atoms with Crippen LogP contribution in [-0.4, -0.2) is 16.1 Å². The molecule has 0 radical (unpaired) electrons. The second-order valence-corrected chi connectivity index (χ2v) is 5.93. The third-order valence-corrected chi connectivity index (χ3v) is 3.69. The number of benzene rings is 1. The lowest BCUT2D eigenvalue weighted by Crippen LogP contribution is -2.09. The first kappa shape index (κ1) is 15.8. The van der Waals surface area contributed by atoms with Gasteiger partial charge in [-0.3, -0.25) is 0 Å². The van der Waals surface area contributed by atoms with E-state index in [9.17, 15) is 13.6 Å². The summed E-state index contributed by atoms with van der Waals surface area (Å²) in [7, 11) is 0. The van der Waals surface area contributed by atoms with E-state index in [1.54, 1.807) is 13.0 Å². The molecule has 0 bridgehead atoms. The number of aromatic nitrogens is 1. The highest BCUT2D eigenvalue weighted by molar-refractivity contribution is 9.10. The van der Waals surface area contributed by atoms with Crippen LogP contribution in [0.15, 0.2) is 27.3 Å². The van der Waals surface area contributed by atoms with Crippen molar-refractivity contribution >= 4 is 49.3 Å². The highest BCUT2D eigenvalue weighted by Crippen LogP contribution is 2.31. The molecule has 1 heterocycles. The second kappa shape index (κ2) is 6.07. The molecule has 0 amide bonds. The molecular weight excluding hydrogens is 414 g/mol. The fourth-order valence-corrected chi connectivity index (χ4v) is 2.52. The van der Waals surface area contributed by atoms with Gasteiger partial charge in [-0.05, 0) is 56.5 Å². The molecule has 4 nitrogen and oxygen atoms in total. The van der Waals surface area contributed by atoms with Crippen LogP contribution in [0.2, 0.25) is 0 Å². The monoisotopic (exact) mass is 420 g/mol. The highest BCUT2D eigenvalue weighted by atomic mass is 79.9. The van der Waals surface area contributed by atoms with Crippen LogP contribution in [0.1, 0.15) is 15.9 Å². The Labute approximate surface area is 135 Å². The van der Waals surface area contributed by atoms with Gasteiger partial charge in [-0.1, -0.05) is 0 Å². The molecule has 0 aliphatic carbocycles. The summed E-state index contributed by atoms with van der Waals surface area (Å²) in [5, 5.41) is 11.7. The van der Waals surface area contributed by atoms with E-state index in [2.05, 4.69) is 42.2 Å². The van der Waals surface area contributed by atoms with Crippen LogP contribution in [0.4, 0.5) is 20.3 Å². The van der Waals surface area contributed by atoms with Gasteiger partial charge in [0.05, 0.1) is 15.7 Å². The molecule has 21 heavy (non-hydrogen) atoms. The molecule has 2 rings (SSSR count). The first-order chi connectivity index (χ1) is 9.81. The molecule has 0 spiro atoms. The summed E-state index contributed by atoms with van der Waals surface area (Å²) >= 11 is 6.01. The van der Waals surface area contributed by atoms with Gasteiger partial charge in [0.2, 0.25) is 0 Å². The molecule has 2 aromatic rings. The van der Waals surface area contributed by atoms with Crippen molar-refractivity contribution in [1.82, 2.24) is 4.98 Å². The summed E-state index contributed by atoms with van der Waals surface area (Å²) in [5.74, 6) is -3.60. The molecule has 0 saturated heterocycles. The van der Waals surface area contributed by atoms with Crippen LogP contribution >= 0.6 is 31.9 Å². The van der Waals surface area contributed by atoms with E-state index in [0.717, 1.165) is 6.07 Å². The number of hydrogen-bond acceptors (Lipinski definition) is 3. The van der Waals surface area contributed by atoms with E-state index in [4.69, 9.17) is 5.11 Å². The summed E-state index contributed by atoms with van der Waals surface area (Å²) in [6.07, 6.45) is 1.46. The Balaban J connectivity index is 2.57. The normalized spacial score (nSPS) is 10.5. The predicted molar refractivity (Wildman–Crippen MR) is 81.0 cm³/mol. The molecule has 0 aliphatic rings. The van der Waals surface area contributed by atoms with Gasteiger partial charge in [-0.15, -0.1) is 0 Å². The number of rotatable bonds is 3. The quantitative estimate of drug-likeness (QED) is 0.709. The Hall–Kier alpha value is -1.54. The maximum Gasteiger partial charge on any atom is 0.337 e. The van der Waals surface area contributed by atoms with Gasteiger partial charge < -0.3 is 10.4 Å². The van der Waals surface area contributed by atoms with Crippen LogP contribution in [0.25, 0.3) is 0 Å². The van der Waals surface area contributed by atoms with E-state index >= 15 is 0 Å². The number of pyridine rings is 1. The molecule has 1 aromatic heterocycles. The molecule has 110 valence electrons. The molecule has 8 heteroatoms. The Morgan fingerprint density at radius 2 is 1.95 bits per heavy atom. The summed E-state index contributed by atoms with van der Waals surface area (Å²) < 4.78 is 28.1. The van der Waals surface area contributed by atoms with Crippen molar-refractivity contribution in [2.24, 2.45) is 0 Å². The molecule has 0 saturated carbocycles. The minimum Gasteiger partial charge on any atom is -0.478 e. The van der Waals surface area contributed by atoms with Crippen LogP contribution in [0.5, 0.6) is 0 Å². The number of nitrogens with zero attached hydrogens (tertiary/aromatic N) is 1. The molecule has 0 aliphatic heterocycles. The number of carboxylic acid groups (broad SMARTS) is 1. The summed E-state index contributed by atoms with van der Waals surface area (Å²) in [6.45, 7) is 1.70. The van der Waals surface area contributed by atoms with Crippen molar-refractivity contribution in [3.8, 4) is 0 Å². The van der Waals surface area contributed by atoms with Gasteiger partial charge in [0.1, 0.15) is 5.82 Å². The third-order valence-electron chi connectivity index (χ3n) is 2.68. The van der Waals surface area contributed by atoms with Crippen molar-refractivity contribution in [2.45, 2.75) is 6.92 Å². The Morgan fingerprint density at radius 3 is 2.52 bits per heavy atom. The maximum atomic E-state index is 14.0. The number of aromatic carboxylic acids is 1. The van der Waals surface area contributed by atoms with E-state index in [0.29, 0.717) is 10.0 Å². The predicted octanol–water partition coefficient (Wildman–Crippen LogP) is 4.64. The fourth-order valence-electron chi connectivity index (χ4n) is 1.68. The van der Waals surface area contributed by atoms with E-state index < -0.39 is 28.9 Å². The van der Waals surface area contributed by atoms with Gasteiger partial charge in [0.15, 0.2) is 11.6 Å². The first-order valence-electron chi connectivity index (χ1n) is 5.61. The summed E-state index contributed by atoms with van der Waals surface area (Å²) in [6, 6.07) is 2.71. The second-order valence-electron chi connectivity index (χ2n) is 4.16. The van der Waals surface area contributed by atoms with Gasteiger partial charge in [-0.25, -0.2) is 18.6 Å². The fraction of sp³-hybridized carbons (Fsp3) is 0.0769. The van der Waals surface area contributed by atoms with Crippen molar-refractivity contribution in [3.05, 3.63) is 50.0 Å². The number of nitrogens with one attached hydrogen (secondary N) is 1. The molecule has 0 fully saturated rings. The van der Waals surface area contributed by atoms with Gasteiger partial charge >= 0.3 is 5.97 Å². The minimum absolute atomic E-state index is 0.237. The van der Waals surface area contributed by atoms with Crippen molar-refractivity contribution in [1.29, 1.82) is 0 Å². The third kappa shape index (κ3) is 3.21. The van der Waals surface area contributed by atoms with E-state index in [1.807, 2.05) is 0 Å². The Morgan fingerprint density at radius 1 is 1.29 bits per heavy atom. The number of halogens is 4. The van der Waals surface area contributed by atoms with Crippen LogP contribution in [0.3, 0.4) is 0 Å². The van der Waals surface area contributed by atoms with Crippen LogP contribution < -0.4 is 5.32 Å². The number of carboxylic acids is 1. The summed E-state index contributed by atoms with van der Waals surface area (Å²) in [4.78, 5) is 15.2. The van der Waals surface area contributed by atoms with Gasteiger partial charge in [-0.2, -0.15) is 0 Å². The molecule has 0 atom stereocenters. The number of aryl methyl sites for hydroxylation is 1. The van der Waals surface area contributed by atoms with E-state index in [-0.39, 0.29) is 10.3 Å². The smallest absolute Gasteiger partial charge is 0.337 e. The largest absolute Gasteiger partial charge is 0.478 e. The van der Waals surface area contributed by atoms with Crippen molar-refractivity contribution < 1.29 is 18.7 Å². The van der Waals surface area contributed by atoms with Crippen LogP contribution in [-0.2, 0) is 0 Å². The van der Waals surface area contributed by atoms with Crippen LogP contribution in [0, 0.1) is 18.6 Å². The van der Waals surface area contributed by atoms with Crippen molar-refractivity contribution in [3.63, 3.8) is 0 Å². The Bertz CT molecular complexity index is 739. The average molecular weight is 422 g/mol. The first-order valence-corrected chi connectivity index (χ1v) is 7.19. The molecular formula is C13H8Br2F2N2O2. The topological polar surface area (TPSA) is 62.2 Å². The lowest BCUT2D eigenvalue weighted by Gasteiger charge is -2.13. The molecule has 1 aromatic carbocycles. The zero-order chi connectivity index (χ0) is 15.7. The van der Waals surface area contributed by atoms with Crippen molar-refractivity contribution in [2.75, 3.05) is 5.32 Å². The Kier molecular flexibility index (Phi) is 4.58. The SMILES string of the molecule is Cc1cc(Br)cnc1Nc1c(C(=O)O)cc(Br)c(F)c1F. The molecule has 2 N–H and O–H groups in total. The van der Waals surface area contributed by atoms with E-state index in [1.165, 1.54) is 6.20 Å². The zero-order valence-electron chi connectivity index (χ0n) is 10.5. The van der Waals surface area contributed by atoms with Gasteiger partial charge in [0.25, 0.3) is 0 Å².